The molecule has 5 nitrogen and oxygen atoms in total. The van der Waals surface area contributed by atoms with Gasteiger partial charge in [0.2, 0.25) is 5.91 Å². The maximum Gasteiger partial charge on any atom is 0.239 e. The molecule has 1 aliphatic rings. The van der Waals surface area contributed by atoms with Gasteiger partial charge >= 0.3 is 0 Å². The maximum absolute atomic E-state index is 12.1. The van der Waals surface area contributed by atoms with Crippen LogP contribution in [0.5, 0.6) is 0 Å². The summed E-state index contributed by atoms with van der Waals surface area (Å²) in [6.07, 6.45) is 5.94. The zero-order valence-electron chi connectivity index (χ0n) is 15.8. The summed E-state index contributed by atoms with van der Waals surface area (Å²) in [4.78, 5) is 16.3. The first kappa shape index (κ1) is 19.3. The lowest BCUT2D eigenvalue weighted by Crippen LogP contribution is -2.46. The number of nitrogens with zero attached hydrogens (tertiary/aromatic N) is 1. The van der Waals surface area contributed by atoms with Crippen molar-refractivity contribution in [2.45, 2.75) is 57.9 Å². The summed E-state index contributed by atoms with van der Waals surface area (Å²) >= 11 is 0. The van der Waals surface area contributed by atoms with Crippen LogP contribution in [-0.4, -0.2) is 38.0 Å². The predicted octanol–water partition coefficient (Wildman–Crippen LogP) is 2.71. The van der Waals surface area contributed by atoms with E-state index >= 15 is 0 Å². The van der Waals surface area contributed by atoms with Crippen LogP contribution in [0.25, 0.3) is 0 Å². The molecule has 0 heterocycles. The number of carbonyl (C=O) groups excluding carboxylic acids is 1. The van der Waals surface area contributed by atoms with Crippen molar-refractivity contribution in [3.63, 3.8) is 0 Å². The first-order valence-electron chi connectivity index (χ1n) is 9.39. The number of hydrogen-bond donors (Lipinski definition) is 3. The second kappa shape index (κ2) is 10.1. The van der Waals surface area contributed by atoms with E-state index in [1.165, 1.54) is 30.4 Å². The molecule has 0 aliphatic heterocycles. The quantitative estimate of drug-likeness (QED) is 0.549. The van der Waals surface area contributed by atoms with Crippen LogP contribution >= 0.6 is 0 Å². The highest BCUT2D eigenvalue weighted by atomic mass is 16.2. The number of hydrogen-bond acceptors (Lipinski definition) is 2. The Morgan fingerprint density at radius 3 is 2.68 bits per heavy atom. The Balaban J connectivity index is 1.72. The van der Waals surface area contributed by atoms with Crippen molar-refractivity contribution in [1.29, 1.82) is 0 Å². The predicted molar refractivity (Wildman–Crippen MR) is 104 cm³/mol. The average molecular weight is 345 g/mol. The fourth-order valence-corrected chi connectivity index (χ4v) is 3.25. The van der Waals surface area contributed by atoms with Crippen LogP contribution in [0.1, 0.15) is 56.1 Å². The summed E-state index contributed by atoms with van der Waals surface area (Å²) in [5.41, 5.74) is 2.57. The van der Waals surface area contributed by atoms with Gasteiger partial charge in [0.05, 0.1) is 6.54 Å². The van der Waals surface area contributed by atoms with E-state index in [1.54, 1.807) is 7.05 Å². The van der Waals surface area contributed by atoms with Crippen molar-refractivity contribution in [2.75, 3.05) is 20.1 Å². The molecule has 1 aliphatic carbocycles. The van der Waals surface area contributed by atoms with E-state index in [0.29, 0.717) is 17.9 Å². The Morgan fingerprint density at radius 2 is 2.00 bits per heavy atom. The van der Waals surface area contributed by atoms with Crippen LogP contribution in [0, 0.1) is 6.92 Å². The Kier molecular flexibility index (Phi) is 7.76. The van der Waals surface area contributed by atoms with Crippen LogP contribution in [-0.2, 0) is 4.79 Å². The topological polar surface area (TPSA) is 65.5 Å². The van der Waals surface area contributed by atoms with Crippen molar-refractivity contribution < 1.29 is 4.79 Å². The van der Waals surface area contributed by atoms with Crippen molar-refractivity contribution >= 4 is 11.9 Å². The molecular formula is C20H32N4O. The van der Waals surface area contributed by atoms with Gasteiger partial charge in [-0.2, -0.15) is 0 Å². The van der Waals surface area contributed by atoms with Crippen molar-refractivity contribution in [3.8, 4) is 0 Å². The van der Waals surface area contributed by atoms with E-state index in [9.17, 15) is 4.79 Å². The molecule has 138 valence electrons. The lowest BCUT2D eigenvalue weighted by molar-refractivity contribution is -0.120. The third kappa shape index (κ3) is 6.77. The van der Waals surface area contributed by atoms with Crippen LogP contribution < -0.4 is 16.0 Å². The van der Waals surface area contributed by atoms with Crippen molar-refractivity contribution in [2.24, 2.45) is 4.99 Å². The molecule has 1 atom stereocenters. The number of benzene rings is 1. The zero-order valence-corrected chi connectivity index (χ0v) is 15.8. The number of aliphatic imine (C=N–C) groups is 1. The number of guanidine groups is 1. The number of rotatable bonds is 6. The van der Waals surface area contributed by atoms with Gasteiger partial charge in [-0.15, -0.1) is 0 Å². The fourth-order valence-electron chi connectivity index (χ4n) is 3.25. The van der Waals surface area contributed by atoms with Gasteiger partial charge in [0.25, 0.3) is 0 Å². The first-order valence-corrected chi connectivity index (χ1v) is 9.39. The molecule has 25 heavy (non-hydrogen) atoms. The summed E-state index contributed by atoms with van der Waals surface area (Å²) in [6, 6.07) is 8.89. The standard InChI is InChI=1S/C20H32N4O/c1-15-8-7-9-17(12-15)16(2)13-22-20(21-3)23-14-19(25)24-18-10-5-4-6-11-18/h7-9,12,16,18H,4-6,10-11,13-14H2,1-3H3,(H,24,25)(H2,21,22,23). The van der Waals surface area contributed by atoms with Gasteiger partial charge in [-0.05, 0) is 31.2 Å². The van der Waals surface area contributed by atoms with E-state index < -0.39 is 0 Å². The minimum absolute atomic E-state index is 0.0431. The normalized spacial score (nSPS) is 17.0. The van der Waals surface area contributed by atoms with Gasteiger partial charge in [-0.3, -0.25) is 9.79 Å². The van der Waals surface area contributed by atoms with Gasteiger partial charge in [0.15, 0.2) is 5.96 Å². The number of nitrogens with one attached hydrogen (secondary N) is 3. The maximum atomic E-state index is 12.1. The molecule has 1 unspecified atom stereocenters. The molecule has 0 spiro atoms. The smallest absolute Gasteiger partial charge is 0.239 e. The van der Waals surface area contributed by atoms with Gasteiger partial charge in [-0.25, -0.2) is 0 Å². The molecule has 5 heteroatoms. The minimum Gasteiger partial charge on any atom is -0.356 e. The van der Waals surface area contributed by atoms with Crippen LogP contribution in [0.2, 0.25) is 0 Å². The summed E-state index contributed by atoms with van der Waals surface area (Å²) in [7, 11) is 1.73. The fraction of sp³-hybridized carbons (Fsp3) is 0.600. The molecule has 1 fully saturated rings. The molecule has 0 bridgehead atoms. The average Bonchev–Trinajstić information content (AvgIpc) is 2.62. The molecule has 3 N–H and O–H groups in total. The van der Waals surface area contributed by atoms with E-state index in [2.05, 4.69) is 59.1 Å². The number of aryl methyl sites for hydroxylation is 1. The summed E-state index contributed by atoms with van der Waals surface area (Å²) in [5.74, 6) is 1.08. The molecule has 1 aromatic rings. The summed E-state index contributed by atoms with van der Waals surface area (Å²) in [5, 5.41) is 9.52. The highest BCUT2D eigenvalue weighted by Gasteiger charge is 2.15. The molecule has 2 rings (SSSR count). The SMILES string of the molecule is CN=C(NCC(=O)NC1CCCCC1)NCC(C)c1cccc(C)c1. The zero-order chi connectivity index (χ0) is 18.1. The van der Waals surface area contributed by atoms with Gasteiger partial charge in [0, 0.05) is 19.6 Å². The molecule has 1 aromatic carbocycles. The second-order valence-corrected chi connectivity index (χ2v) is 7.02. The van der Waals surface area contributed by atoms with Crippen LogP contribution in [0.15, 0.2) is 29.3 Å². The Bertz CT molecular complexity index is 579. The Hall–Kier alpha value is -2.04. The first-order chi connectivity index (χ1) is 12.1. The highest BCUT2D eigenvalue weighted by Crippen LogP contribution is 2.17. The monoisotopic (exact) mass is 344 g/mol. The van der Waals surface area contributed by atoms with Crippen molar-refractivity contribution in [1.82, 2.24) is 16.0 Å². The molecular weight excluding hydrogens is 312 g/mol. The number of carbonyl (C=O) groups is 1. The molecule has 0 saturated heterocycles. The largest absolute Gasteiger partial charge is 0.356 e. The lowest BCUT2D eigenvalue weighted by Gasteiger charge is -2.23. The summed E-state index contributed by atoms with van der Waals surface area (Å²) in [6.45, 7) is 5.32. The third-order valence-corrected chi connectivity index (χ3v) is 4.80. The molecule has 1 saturated carbocycles. The van der Waals surface area contributed by atoms with E-state index in [0.717, 1.165) is 19.4 Å². The molecule has 1 amide bonds. The molecule has 0 radical (unpaired) electrons. The Labute approximate surface area is 151 Å². The van der Waals surface area contributed by atoms with Gasteiger partial charge < -0.3 is 16.0 Å². The van der Waals surface area contributed by atoms with Crippen LogP contribution in [0.4, 0.5) is 0 Å². The molecule has 0 aromatic heterocycles. The van der Waals surface area contributed by atoms with Gasteiger partial charge in [0.1, 0.15) is 0 Å². The van der Waals surface area contributed by atoms with Crippen LogP contribution in [0.3, 0.4) is 0 Å². The van der Waals surface area contributed by atoms with E-state index in [4.69, 9.17) is 0 Å². The second-order valence-electron chi connectivity index (χ2n) is 7.02. The third-order valence-electron chi connectivity index (χ3n) is 4.80. The van der Waals surface area contributed by atoms with Gasteiger partial charge in [-0.1, -0.05) is 56.0 Å². The minimum atomic E-state index is 0.0431. The highest BCUT2D eigenvalue weighted by molar-refractivity contribution is 5.86. The number of amides is 1. The van der Waals surface area contributed by atoms with Crippen molar-refractivity contribution in [3.05, 3.63) is 35.4 Å². The van der Waals surface area contributed by atoms with E-state index in [1.807, 2.05) is 0 Å². The summed E-state index contributed by atoms with van der Waals surface area (Å²) < 4.78 is 0. The lowest BCUT2D eigenvalue weighted by atomic mass is 9.95. The van der Waals surface area contributed by atoms with E-state index in [-0.39, 0.29) is 12.5 Å². The Morgan fingerprint density at radius 1 is 1.24 bits per heavy atom.